The molecule has 0 saturated heterocycles. The van der Waals surface area contributed by atoms with Gasteiger partial charge in [-0.3, -0.25) is 9.59 Å². The Morgan fingerprint density at radius 2 is 1.51 bits per heavy atom. The molecular formula is C32H35BrClNO4. The molecule has 5 rings (SSSR count). The zero-order valence-electron chi connectivity index (χ0n) is 23.2. The molecule has 0 unspecified atom stereocenters. The third-order valence-electron chi connectivity index (χ3n) is 7.71. The van der Waals surface area contributed by atoms with Gasteiger partial charge in [-0.15, -0.1) is 0 Å². The van der Waals surface area contributed by atoms with Crippen LogP contribution in [0, 0.1) is 10.8 Å². The number of ketones is 2. The molecule has 5 nitrogen and oxygen atoms in total. The van der Waals surface area contributed by atoms with Crippen LogP contribution < -0.4 is 14.8 Å². The topological polar surface area (TPSA) is 64.6 Å². The fourth-order valence-corrected chi connectivity index (χ4v) is 6.82. The van der Waals surface area contributed by atoms with Gasteiger partial charge in [0.25, 0.3) is 0 Å². The minimum absolute atomic E-state index is 0.0753. The second-order valence-corrected chi connectivity index (χ2v) is 13.6. The Kier molecular flexibility index (Phi) is 7.49. The van der Waals surface area contributed by atoms with E-state index < -0.39 is 5.92 Å². The second-order valence-electron chi connectivity index (χ2n) is 12.4. The standard InChI is InChI=1S/C32H35BrClNO4/c1-6-38-26-12-19(11-21(34)30(26)39-17-18-9-7-8-10-20(18)33)27-28-22(13-31(2,3)15-24(28)36)35-23-14-32(4,5)16-25(37)29(23)27/h7-12,27,35H,6,13-17H2,1-5H3. The van der Waals surface area contributed by atoms with Crippen LogP contribution in [-0.4, -0.2) is 18.2 Å². The van der Waals surface area contributed by atoms with Crippen molar-refractivity contribution in [3.05, 3.63) is 79.6 Å². The van der Waals surface area contributed by atoms with Crippen LogP contribution in [0.4, 0.5) is 0 Å². The molecule has 0 radical (unpaired) electrons. The lowest BCUT2D eigenvalue weighted by atomic mass is 9.64. The van der Waals surface area contributed by atoms with Gasteiger partial charge in [-0.1, -0.05) is 73.4 Å². The lowest BCUT2D eigenvalue weighted by Gasteiger charge is -2.44. The fourth-order valence-electron chi connectivity index (χ4n) is 6.15. The van der Waals surface area contributed by atoms with Gasteiger partial charge < -0.3 is 14.8 Å². The predicted molar refractivity (Wildman–Crippen MR) is 157 cm³/mol. The van der Waals surface area contributed by atoms with E-state index in [9.17, 15) is 9.59 Å². The summed E-state index contributed by atoms with van der Waals surface area (Å²) in [5.74, 6) is 0.611. The van der Waals surface area contributed by atoms with E-state index in [2.05, 4.69) is 48.9 Å². The third-order valence-corrected chi connectivity index (χ3v) is 8.77. The minimum Gasteiger partial charge on any atom is -0.490 e. The van der Waals surface area contributed by atoms with Gasteiger partial charge in [-0.25, -0.2) is 0 Å². The average molecular weight is 613 g/mol. The van der Waals surface area contributed by atoms with E-state index in [0.29, 0.717) is 53.7 Å². The highest BCUT2D eigenvalue weighted by Crippen LogP contribution is 2.52. The van der Waals surface area contributed by atoms with Crippen LogP contribution in [-0.2, 0) is 16.2 Å². The molecule has 206 valence electrons. The van der Waals surface area contributed by atoms with Gasteiger partial charge in [0.15, 0.2) is 23.1 Å². The smallest absolute Gasteiger partial charge is 0.180 e. The molecule has 2 aliphatic carbocycles. The molecule has 0 spiro atoms. The predicted octanol–water partition coefficient (Wildman–Crippen LogP) is 8.05. The van der Waals surface area contributed by atoms with Gasteiger partial charge >= 0.3 is 0 Å². The number of allylic oxidation sites excluding steroid dienone is 4. The van der Waals surface area contributed by atoms with Crippen LogP contribution in [0.15, 0.2) is 63.4 Å². The Bertz CT molecular complexity index is 1370. The summed E-state index contributed by atoms with van der Waals surface area (Å²) in [5, 5.41) is 3.95. The normalized spacial score (nSPS) is 20.4. The van der Waals surface area contributed by atoms with Gasteiger partial charge in [-0.2, -0.15) is 0 Å². The first-order valence-corrected chi connectivity index (χ1v) is 14.7. The molecule has 2 aromatic rings. The number of carbonyl (C=O) groups is 2. The first-order chi connectivity index (χ1) is 18.4. The van der Waals surface area contributed by atoms with Gasteiger partial charge in [0.2, 0.25) is 0 Å². The number of carbonyl (C=O) groups excluding carboxylic acids is 2. The molecule has 0 atom stereocenters. The number of halogens is 2. The number of hydrogen-bond acceptors (Lipinski definition) is 5. The Labute approximate surface area is 244 Å². The van der Waals surface area contributed by atoms with Crippen molar-refractivity contribution >= 4 is 39.1 Å². The first-order valence-electron chi connectivity index (χ1n) is 13.5. The summed E-state index contributed by atoms with van der Waals surface area (Å²) >= 11 is 10.4. The summed E-state index contributed by atoms with van der Waals surface area (Å²) in [6.45, 7) is 11.1. The van der Waals surface area contributed by atoms with Crippen molar-refractivity contribution in [1.29, 1.82) is 0 Å². The Balaban J connectivity index is 1.62. The number of Topliss-reactive ketones (excluding diaryl/α,β-unsaturated/α-hetero) is 2. The van der Waals surface area contributed by atoms with Crippen molar-refractivity contribution in [2.45, 2.75) is 72.8 Å². The van der Waals surface area contributed by atoms with E-state index in [1.165, 1.54) is 0 Å². The SMILES string of the molecule is CCOc1cc(C2C3=C(CC(C)(C)CC3=O)NC3=C2C(=O)CC(C)(C)C3)cc(Cl)c1OCc1ccccc1Br. The maximum Gasteiger partial charge on any atom is 0.180 e. The number of benzene rings is 2. The molecule has 0 bridgehead atoms. The number of ether oxygens (including phenoxy) is 2. The lowest BCUT2D eigenvalue weighted by Crippen LogP contribution is -2.42. The summed E-state index contributed by atoms with van der Waals surface area (Å²) in [5.41, 5.74) is 4.66. The molecule has 3 aliphatic rings. The number of rotatable bonds is 6. The maximum absolute atomic E-state index is 13.7. The molecule has 39 heavy (non-hydrogen) atoms. The summed E-state index contributed by atoms with van der Waals surface area (Å²) < 4.78 is 13.1. The highest BCUT2D eigenvalue weighted by atomic mass is 79.9. The number of nitrogens with one attached hydrogen (secondary N) is 1. The van der Waals surface area contributed by atoms with Gasteiger partial charge in [-0.05, 0) is 54.4 Å². The molecule has 1 N–H and O–H groups in total. The van der Waals surface area contributed by atoms with E-state index in [1.807, 2.05) is 43.3 Å². The van der Waals surface area contributed by atoms with Crippen molar-refractivity contribution in [2.75, 3.05) is 6.61 Å². The van der Waals surface area contributed by atoms with Gasteiger partial charge in [0.1, 0.15) is 6.61 Å². The van der Waals surface area contributed by atoms with Gasteiger partial charge in [0.05, 0.1) is 11.6 Å². The number of hydrogen-bond donors (Lipinski definition) is 1. The molecule has 0 aromatic heterocycles. The van der Waals surface area contributed by atoms with Crippen LogP contribution in [0.2, 0.25) is 5.02 Å². The molecule has 0 amide bonds. The largest absolute Gasteiger partial charge is 0.490 e. The average Bonchev–Trinajstić information content (AvgIpc) is 2.81. The van der Waals surface area contributed by atoms with E-state index in [4.69, 9.17) is 21.1 Å². The zero-order valence-corrected chi connectivity index (χ0v) is 25.5. The summed E-state index contributed by atoms with van der Waals surface area (Å²) in [4.78, 5) is 27.3. The van der Waals surface area contributed by atoms with Crippen molar-refractivity contribution in [2.24, 2.45) is 10.8 Å². The second kappa shape index (κ2) is 10.4. The quantitative estimate of drug-likeness (QED) is 0.358. The third kappa shape index (κ3) is 5.55. The maximum atomic E-state index is 13.7. The van der Waals surface area contributed by atoms with E-state index >= 15 is 0 Å². The Morgan fingerprint density at radius 3 is 2.08 bits per heavy atom. The highest BCUT2D eigenvalue weighted by Gasteiger charge is 2.46. The molecular weight excluding hydrogens is 578 g/mol. The van der Waals surface area contributed by atoms with Crippen molar-refractivity contribution in [3.8, 4) is 11.5 Å². The fraction of sp³-hybridized carbons (Fsp3) is 0.438. The zero-order chi connectivity index (χ0) is 28.1. The Hall–Kier alpha value is -2.57. The van der Waals surface area contributed by atoms with Crippen LogP contribution >= 0.6 is 27.5 Å². The molecule has 1 aliphatic heterocycles. The summed E-state index contributed by atoms with van der Waals surface area (Å²) in [6, 6.07) is 11.6. The highest BCUT2D eigenvalue weighted by molar-refractivity contribution is 9.10. The van der Waals surface area contributed by atoms with E-state index in [-0.39, 0.29) is 22.4 Å². The van der Waals surface area contributed by atoms with Crippen molar-refractivity contribution in [3.63, 3.8) is 0 Å². The van der Waals surface area contributed by atoms with Crippen LogP contribution in [0.25, 0.3) is 0 Å². The molecule has 1 heterocycles. The van der Waals surface area contributed by atoms with Crippen molar-refractivity contribution in [1.82, 2.24) is 5.32 Å². The van der Waals surface area contributed by atoms with E-state index in [1.54, 1.807) is 0 Å². The number of dihydropyridines is 1. The van der Waals surface area contributed by atoms with Crippen LogP contribution in [0.1, 0.15) is 77.3 Å². The first kappa shape index (κ1) is 28.0. The van der Waals surface area contributed by atoms with Crippen molar-refractivity contribution < 1.29 is 19.1 Å². The minimum atomic E-state index is -0.488. The molecule has 0 saturated carbocycles. The summed E-state index contributed by atoms with van der Waals surface area (Å²) in [6.07, 6.45) is 2.36. The van der Waals surface area contributed by atoms with E-state index in [0.717, 1.165) is 39.8 Å². The van der Waals surface area contributed by atoms with Gasteiger partial charge in [0, 0.05) is 51.3 Å². The Morgan fingerprint density at radius 1 is 0.923 bits per heavy atom. The molecule has 0 fully saturated rings. The summed E-state index contributed by atoms with van der Waals surface area (Å²) in [7, 11) is 0. The molecule has 2 aromatic carbocycles. The van der Waals surface area contributed by atoms with Crippen LogP contribution in [0.5, 0.6) is 11.5 Å². The molecule has 7 heteroatoms. The monoisotopic (exact) mass is 611 g/mol. The lowest BCUT2D eigenvalue weighted by molar-refractivity contribution is -0.119. The van der Waals surface area contributed by atoms with Crippen LogP contribution in [0.3, 0.4) is 0 Å².